The summed E-state index contributed by atoms with van der Waals surface area (Å²) in [4.78, 5) is 2.29. The molecule has 0 radical (unpaired) electrons. The molecule has 1 rings (SSSR count). The van der Waals surface area contributed by atoms with Crippen molar-refractivity contribution in [1.82, 2.24) is 0 Å². The van der Waals surface area contributed by atoms with Crippen LogP contribution in [0.5, 0.6) is 0 Å². The Hall–Kier alpha value is -0.820. The predicted molar refractivity (Wildman–Crippen MR) is 64.8 cm³/mol. The van der Waals surface area contributed by atoms with Crippen molar-refractivity contribution in [3.63, 3.8) is 0 Å². The van der Waals surface area contributed by atoms with Gasteiger partial charge in [-0.05, 0) is 18.6 Å². The molecule has 0 aliphatic heterocycles. The molecule has 15 heavy (non-hydrogen) atoms. The van der Waals surface area contributed by atoms with Gasteiger partial charge >= 0.3 is 0 Å². The number of thiophene rings is 1. The molecular formula is C12H17NOS. The summed E-state index contributed by atoms with van der Waals surface area (Å²) in [7, 11) is 0. The third kappa shape index (κ3) is 4.98. The minimum absolute atomic E-state index is 0.417. The van der Waals surface area contributed by atoms with Crippen LogP contribution in [0.25, 0.3) is 0 Å². The highest BCUT2D eigenvalue weighted by Gasteiger charge is 1.97. The molecule has 0 amide bonds. The van der Waals surface area contributed by atoms with Crippen molar-refractivity contribution in [1.29, 1.82) is 0 Å². The Morgan fingerprint density at radius 2 is 2.33 bits per heavy atom. The zero-order valence-corrected chi connectivity index (χ0v) is 9.90. The topological polar surface area (TPSA) is 35.2 Å². The fourth-order valence-corrected chi connectivity index (χ4v) is 1.90. The van der Waals surface area contributed by atoms with E-state index < -0.39 is 0 Å². The number of rotatable bonds is 5. The van der Waals surface area contributed by atoms with E-state index in [4.69, 9.17) is 10.5 Å². The summed E-state index contributed by atoms with van der Waals surface area (Å²) in [5, 5.41) is 0. The Labute approximate surface area is 95.4 Å². The molecule has 0 saturated carbocycles. The molecular weight excluding hydrogens is 206 g/mol. The maximum atomic E-state index is 5.52. The van der Waals surface area contributed by atoms with Crippen molar-refractivity contribution in [2.75, 3.05) is 13.2 Å². The lowest BCUT2D eigenvalue weighted by Crippen LogP contribution is -1.92. The van der Waals surface area contributed by atoms with Gasteiger partial charge in [-0.3, -0.25) is 0 Å². The Kier molecular flexibility index (Phi) is 6.10. The maximum Gasteiger partial charge on any atom is 0.0809 e. The molecule has 2 N–H and O–H groups in total. The zero-order chi connectivity index (χ0) is 10.9. The number of hydrogen-bond donors (Lipinski definition) is 1. The van der Waals surface area contributed by atoms with Crippen LogP contribution < -0.4 is 5.73 Å². The Morgan fingerprint density at radius 3 is 3.07 bits per heavy atom. The van der Waals surface area contributed by atoms with Gasteiger partial charge in [0, 0.05) is 11.5 Å². The molecule has 0 aliphatic carbocycles. The third-order valence-electron chi connectivity index (χ3n) is 1.86. The first-order valence-corrected chi connectivity index (χ1v) is 6.04. The first kappa shape index (κ1) is 12.3. The van der Waals surface area contributed by atoms with Gasteiger partial charge in [0.2, 0.25) is 0 Å². The first-order chi connectivity index (χ1) is 7.36. The highest BCUT2D eigenvalue weighted by atomic mass is 32.1. The number of unbranched alkanes of at least 4 members (excludes halogenated alkanes) is 1. The van der Waals surface area contributed by atoms with E-state index in [-0.39, 0.29) is 0 Å². The lowest BCUT2D eigenvalue weighted by Gasteiger charge is -1.99. The number of nitrogens with two attached hydrogens (primary N) is 1. The average molecular weight is 223 g/mol. The highest BCUT2D eigenvalue weighted by Crippen LogP contribution is 2.16. The van der Waals surface area contributed by atoms with Gasteiger partial charge in [-0.15, -0.1) is 11.3 Å². The van der Waals surface area contributed by atoms with Crippen molar-refractivity contribution in [3.8, 4) is 11.8 Å². The van der Waals surface area contributed by atoms with E-state index in [9.17, 15) is 0 Å². The smallest absolute Gasteiger partial charge is 0.0809 e. The summed E-state index contributed by atoms with van der Waals surface area (Å²) in [6, 6.07) is 4.09. The van der Waals surface area contributed by atoms with Crippen molar-refractivity contribution < 1.29 is 4.74 Å². The van der Waals surface area contributed by atoms with E-state index in [1.807, 2.05) is 6.07 Å². The third-order valence-corrected chi connectivity index (χ3v) is 2.84. The molecule has 2 nitrogen and oxygen atoms in total. The zero-order valence-electron chi connectivity index (χ0n) is 9.08. The Morgan fingerprint density at radius 1 is 1.47 bits per heavy atom. The molecule has 1 heterocycles. The van der Waals surface area contributed by atoms with Gasteiger partial charge in [-0.1, -0.05) is 25.2 Å². The van der Waals surface area contributed by atoms with Gasteiger partial charge in [0.15, 0.2) is 0 Å². The molecule has 3 heteroatoms. The SMILES string of the molecule is CCCCOCc1ccc(C#CCN)s1. The van der Waals surface area contributed by atoms with E-state index in [1.54, 1.807) is 11.3 Å². The van der Waals surface area contributed by atoms with E-state index in [0.29, 0.717) is 13.2 Å². The lowest BCUT2D eigenvalue weighted by molar-refractivity contribution is 0.120. The van der Waals surface area contributed by atoms with E-state index in [2.05, 4.69) is 24.8 Å². The molecule has 0 bridgehead atoms. The van der Waals surface area contributed by atoms with Gasteiger partial charge in [0.05, 0.1) is 18.0 Å². The largest absolute Gasteiger partial charge is 0.376 e. The standard InChI is InChI=1S/C12H17NOS/c1-2-3-9-14-10-12-7-6-11(15-12)5-4-8-13/h6-7H,2-3,8-10,13H2,1H3. The van der Waals surface area contributed by atoms with Crippen molar-refractivity contribution in [2.24, 2.45) is 5.73 Å². The van der Waals surface area contributed by atoms with Gasteiger partial charge < -0.3 is 10.5 Å². The van der Waals surface area contributed by atoms with Crippen LogP contribution in [0.1, 0.15) is 29.5 Å². The van der Waals surface area contributed by atoms with Crippen molar-refractivity contribution in [3.05, 3.63) is 21.9 Å². The van der Waals surface area contributed by atoms with Crippen LogP contribution in [-0.2, 0) is 11.3 Å². The fourth-order valence-electron chi connectivity index (χ4n) is 1.08. The minimum atomic E-state index is 0.417. The normalized spacial score (nSPS) is 9.73. The van der Waals surface area contributed by atoms with Gasteiger partial charge in [-0.2, -0.15) is 0 Å². The minimum Gasteiger partial charge on any atom is -0.376 e. The van der Waals surface area contributed by atoms with Crippen LogP contribution in [-0.4, -0.2) is 13.2 Å². The summed E-state index contributed by atoms with van der Waals surface area (Å²) >= 11 is 1.68. The van der Waals surface area contributed by atoms with Crippen LogP contribution in [0.4, 0.5) is 0 Å². The van der Waals surface area contributed by atoms with Gasteiger partial charge in [-0.25, -0.2) is 0 Å². The van der Waals surface area contributed by atoms with Crippen molar-refractivity contribution >= 4 is 11.3 Å². The second-order valence-corrected chi connectivity index (χ2v) is 4.35. The second kappa shape index (κ2) is 7.47. The molecule has 0 aliphatic rings. The number of ether oxygens (including phenoxy) is 1. The van der Waals surface area contributed by atoms with E-state index >= 15 is 0 Å². The average Bonchev–Trinajstić information content (AvgIpc) is 2.69. The molecule has 0 atom stereocenters. The monoisotopic (exact) mass is 223 g/mol. The van der Waals surface area contributed by atoms with Crippen LogP contribution >= 0.6 is 11.3 Å². The summed E-state index contributed by atoms with van der Waals surface area (Å²) < 4.78 is 5.52. The Bertz CT molecular complexity index is 335. The lowest BCUT2D eigenvalue weighted by atomic mass is 10.4. The van der Waals surface area contributed by atoms with Crippen LogP contribution in [0.15, 0.2) is 12.1 Å². The number of hydrogen-bond acceptors (Lipinski definition) is 3. The van der Waals surface area contributed by atoms with Crippen LogP contribution in [0.2, 0.25) is 0 Å². The molecule has 1 aromatic heterocycles. The quantitative estimate of drug-likeness (QED) is 0.614. The van der Waals surface area contributed by atoms with E-state index in [1.165, 1.54) is 11.3 Å². The molecule has 0 fully saturated rings. The summed E-state index contributed by atoms with van der Waals surface area (Å²) in [5.41, 5.74) is 5.30. The first-order valence-electron chi connectivity index (χ1n) is 5.22. The molecule has 0 saturated heterocycles. The molecule has 0 unspecified atom stereocenters. The fraction of sp³-hybridized carbons (Fsp3) is 0.500. The molecule has 82 valence electrons. The maximum absolute atomic E-state index is 5.52. The molecule has 0 spiro atoms. The summed E-state index contributed by atoms with van der Waals surface area (Å²) in [6.07, 6.45) is 2.31. The summed E-state index contributed by atoms with van der Waals surface area (Å²) in [6.45, 7) is 4.13. The van der Waals surface area contributed by atoms with Crippen LogP contribution in [0.3, 0.4) is 0 Å². The predicted octanol–water partition coefficient (Wildman–Crippen LogP) is 2.38. The van der Waals surface area contributed by atoms with E-state index in [0.717, 1.165) is 17.9 Å². The van der Waals surface area contributed by atoms with Crippen LogP contribution in [0, 0.1) is 11.8 Å². The summed E-state index contributed by atoms with van der Waals surface area (Å²) in [5.74, 6) is 5.86. The van der Waals surface area contributed by atoms with Gasteiger partial charge in [0.1, 0.15) is 0 Å². The molecule has 1 aromatic rings. The van der Waals surface area contributed by atoms with Crippen molar-refractivity contribution in [2.45, 2.75) is 26.4 Å². The van der Waals surface area contributed by atoms with Gasteiger partial charge in [0.25, 0.3) is 0 Å². The highest BCUT2D eigenvalue weighted by molar-refractivity contribution is 7.12. The Balaban J connectivity index is 2.33. The second-order valence-electron chi connectivity index (χ2n) is 3.18. The molecule has 0 aromatic carbocycles.